The SMILES string of the molecule is CC[C@@H]1OCC(C(=O)O)O1.CC[C@@H]1OCC(O)O1.[Ac]. The quantitative estimate of drug-likeness (QED) is 0.587. The molecule has 8 heteroatoms. The summed E-state index contributed by atoms with van der Waals surface area (Å²) in [5, 5.41) is 17.1. The molecule has 0 aliphatic carbocycles. The summed E-state index contributed by atoms with van der Waals surface area (Å²) in [6.45, 7) is 4.32. The number of aliphatic hydroxyl groups excluding tert-OH is 1. The second kappa shape index (κ2) is 10.4. The Morgan fingerprint density at radius 3 is 1.89 bits per heavy atom. The summed E-state index contributed by atoms with van der Waals surface area (Å²) in [7, 11) is 0. The molecule has 2 saturated heterocycles. The summed E-state index contributed by atoms with van der Waals surface area (Å²) in [6.07, 6.45) is -0.447. The van der Waals surface area contributed by atoms with Crippen LogP contribution < -0.4 is 0 Å². The number of rotatable bonds is 3. The standard InChI is InChI=1S/C6H10O4.C5H10O3.Ac/c1-2-5-9-3-4(10-5)6(7)8;1-2-5-7-3-4(6)8-5;/h4-5H,2-3H2,1H3,(H,7,8);4-6H,2-3H2,1H3;/t2*4?,5-;/m11./s1. The Hall–Kier alpha value is 0.712. The summed E-state index contributed by atoms with van der Waals surface area (Å²) in [6, 6.07) is 0. The van der Waals surface area contributed by atoms with Crippen molar-refractivity contribution in [2.24, 2.45) is 0 Å². The van der Waals surface area contributed by atoms with Crippen LogP contribution in [0.1, 0.15) is 26.7 Å². The van der Waals surface area contributed by atoms with Crippen LogP contribution >= 0.6 is 0 Å². The zero-order valence-electron chi connectivity index (χ0n) is 11.2. The zero-order valence-corrected chi connectivity index (χ0v) is 15.9. The van der Waals surface area contributed by atoms with Gasteiger partial charge in [0.15, 0.2) is 25.0 Å². The average molecular weight is 491 g/mol. The minimum Gasteiger partial charge on any atom is -0.479 e. The van der Waals surface area contributed by atoms with Crippen molar-refractivity contribution in [2.75, 3.05) is 13.2 Å². The second-order valence-electron chi connectivity index (χ2n) is 3.90. The molecular weight excluding hydrogens is 471 g/mol. The first-order valence-electron chi connectivity index (χ1n) is 6.01. The largest absolute Gasteiger partial charge is 0.479 e. The third-order valence-electron chi connectivity index (χ3n) is 2.43. The average Bonchev–Trinajstić information content (AvgIpc) is 2.97. The predicted octanol–water partition coefficient (Wildman–Crippen LogP) is 0.310. The van der Waals surface area contributed by atoms with Gasteiger partial charge in [0.1, 0.15) is 6.61 Å². The normalized spacial score (nSPS) is 33.2. The number of hydrogen-bond donors (Lipinski definition) is 2. The van der Waals surface area contributed by atoms with E-state index in [-0.39, 0.29) is 63.2 Å². The molecule has 2 heterocycles. The molecule has 4 atom stereocenters. The molecule has 2 rings (SSSR count). The third-order valence-corrected chi connectivity index (χ3v) is 2.43. The van der Waals surface area contributed by atoms with E-state index in [4.69, 9.17) is 29.2 Å². The van der Waals surface area contributed by atoms with Crippen molar-refractivity contribution in [3.8, 4) is 0 Å². The van der Waals surface area contributed by atoms with Crippen LogP contribution in [0.5, 0.6) is 0 Å². The number of carboxylic acid groups (broad SMARTS) is 1. The summed E-state index contributed by atoms with van der Waals surface area (Å²) >= 11 is 0. The second-order valence-corrected chi connectivity index (χ2v) is 3.90. The number of ether oxygens (including phenoxy) is 4. The molecule has 2 unspecified atom stereocenters. The fourth-order valence-electron chi connectivity index (χ4n) is 1.46. The van der Waals surface area contributed by atoms with Gasteiger partial charge in [0.25, 0.3) is 0 Å². The van der Waals surface area contributed by atoms with Gasteiger partial charge in [0.2, 0.25) is 0 Å². The molecule has 0 aromatic heterocycles. The van der Waals surface area contributed by atoms with Crippen LogP contribution in [0.15, 0.2) is 0 Å². The fourth-order valence-corrected chi connectivity index (χ4v) is 1.46. The van der Waals surface area contributed by atoms with E-state index in [0.29, 0.717) is 13.0 Å². The van der Waals surface area contributed by atoms with Crippen LogP contribution in [0.4, 0.5) is 0 Å². The van der Waals surface area contributed by atoms with Crippen LogP contribution in [0.3, 0.4) is 0 Å². The maximum atomic E-state index is 10.3. The molecule has 0 aromatic rings. The Morgan fingerprint density at radius 2 is 1.63 bits per heavy atom. The molecule has 19 heavy (non-hydrogen) atoms. The van der Waals surface area contributed by atoms with Crippen molar-refractivity contribution in [3.63, 3.8) is 0 Å². The van der Waals surface area contributed by atoms with Crippen LogP contribution in [-0.4, -0.2) is 54.4 Å². The molecule has 2 aliphatic rings. The Labute approximate surface area is 148 Å². The number of aliphatic hydroxyl groups is 1. The first kappa shape index (κ1) is 19.7. The number of carbonyl (C=O) groups is 1. The van der Waals surface area contributed by atoms with Gasteiger partial charge >= 0.3 is 5.97 Å². The molecule has 109 valence electrons. The van der Waals surface area contributed by atoms with Crippen molar-refractivity contribution in [1.82, 2.24) is 0 Å². The van der Waals surface area contributed by atoms with Crippen molar-refractivity contribution in [1.29, 1.82) is 0 Å². The van der Waals surface area contributed by atoms with Crippen molar-refractivity contribution in [2.45, 2.75) is 51.7 Å². The molecular formula is C11H20AcO7. The first-order valence-corrected chi connectivity index (χ1v) is 6.01. The zero-order chi connectivity index (χ0) is 13.5. The van der Waals surface area contributed by atoms with Gasteiger partial charge in [0, 0.05) is 44.1 Å². The number of hydrogen-bond acceptors (Lipinski definition) is 6. The van der Waals surface area contributed by atoms with E-state index >= 15 is 0 Å². The van der Waals surface area contributed by atoms with E-state index in [1.807, 2.05) is 13.8 Å². The van der Waals surface area contributed by atoms with Crippen molar-refractivity contribution >= 4 is 5.97 Å². The van der Waals surface area contributed by atoms with Crippen LogP contribution in [0.2, 0.25) is 0 Å². The van der Waals surface area contributed by atoms with Crippen LogP contribution in [0.25, 0.3) is 0 Å². The molecule has 0 bridgehead atoms. The fraction of sp³-hybridized carbons (Fsp3) is 0.909. The van der Waals surface area contributed by atoms with E-state index in [2.05, 4.69) is 0 Å². The molecule has 0 spiro atoms. The van der Waals surface area contributed by atoms with E-state index in [1.165, 1.54) is 0 Å². The molecule has 7 nitrogen and oxygen atoms in total. The van der Waals surface area contributed by atoms with E-state index in [1.54, 1.807) is 0 Å². The maximum absolute atomic E-state index is 10.3. The first-order chi connectivity index (χ1) is 8.56. The Balaban J connectivity index is 0.000000331. The topological polar surface area (TPSA) is 94.5 Å². The van der Waals surface area contributed by atoms with Crippen LogP contribution in [-0.2, 0) is 23.7 Å². The molecule has 2 N–H and O–H groups in total. The molecule has 0 amide bonds. The van der Waals surface area contributed by atoms with Gasteiger partial charge in [-0.1, -0.05) is 13.8 Å². The van der Waals surface area contributed by atoms with Gasteiger partial charge < -0.3 is 29.2 Å². The maximum Gasteiger partial charge on any atom is 0.335 e. The Bertz CT molecular complexity index is 263. The van der Waals surface area contributed by atoms with Gasteiger partial charge in [-0.15, -0.1) is 0 Å². The molecule has 1 radical (unpaired) electrons. The Kier molecular flexibility index (Phi) is 10.8. The van der Waals surface area contributed by atoms with Crippen molar-refractivity contribution < 1.29 is 78.0 Å². The molecule has 2 aliphatic heterocycles. The number of aliphatic carboxylic acids is 1. The number of carboxylic acids is 1. The van der Waals surface area contributed by atoms with Gasteiger partial charge in [-0.05, 0) is 12.8 Å². The smallest absolute Gasteiger partial charge is 0.335 e. The van der Waals surface area contributed by atoms with Gasteiger partial charge in [0.05, 0.1) is 6.61 Å². The van der Waals surface area contributed by atoms with Gasteiger partial charge in [-0.25, -0.2) is 4.79 Å². The van der Waals surface area contributed by atoms with Crippen LogP contribution in [0, 0.1) is 44.1 Å². The van der Waals surface area contributed by atoms with Gasteiger partial charge in [-0.3, -0.25) is 0 Å². The summed E-state index contributed by atoms with van der Waals surface area (Å²) < 4.78 is 19.7. The van der Waals surface area contributed by atoms with Crippen molar-refractivity contribution in [3.05, 3.63) is 0 Å². The Morgan fingerprint density at radius 1 is 1.11 bits per heavy atom. The predicted molar refractivity (Wildman–Crippen MR) is 59.7 cm³/mol. The summed E-state index contributed by atoms with van der Waals surface area (Å²) in [5.74, 6) is -0.948. The van der Waals surface area contributed by atoms with E-state index < -0.39 is 18.4 Å². The minimum atomic E-state index is -0.948. The van der Waals surface area contributed by atoms with Gasteiger partial charge in [-0.2, -0.15) is 0 Å². The summed E-state index contributed by atoms with van der Waals surface area (Å²) in [5.41, 5.74) is 0. The summed E-state index contributed by atoms with van der Waals surface area (Å²) in [4.78, 5) is 10.3. The molecule has 0 aromatic carbocycles. The van der Waals surface area contributed by atoms with E-state index in [9.17, 15) is 4.79 Å². The third kappa shape index (κ3) is 7.32. The molecule has 2 fully saturated rings. The molecule has 0 saturated carbocycles. The van der Waals surface area contributed by atoms with E-state index in [0.717, 1.165) is 6.42 Å². The minimum absolute atomic E-state index is 0. The monoisotopic (exact) mass is 491 g/mol.